The lowest BCUT2D eigenvalue weighted by Gasteiger charge is -2.09. The van der Waals surface area contributed by atoms with Gasteiger partial charge in [-0.25, -0.2) is 19.2 Å². The Balaban J connectivity index is 0.898. The third-order valence-electron chi connectivity index (χ3n) is 8.47. The van der Waals surface area contributed by atoms with E-state index in [1.165, 1.54) is 62.4 Å². The Labute approximate surface area is 326 Å². The Morgan fingerprint density at radius 1 is 0.351 bits per heavy atom. The molecule has 0 aliphatic carbocycles. The fourth-order valence-electron chi connectivity index (χ4n) is 5.69. The zero-order valence-electron chi connectivity index (χ0n) is 31.0. The summed E-state index contributed by atoms with van der Waals surface area (Å²) in [6.45, 7) is 2.98. The Bertz CT molecular complexity index is 2300. The van der Waals surface area contributed by atoms with Crippen LogP contribution in [0.15, 0.2) is 121 Å². The fraction of sp³-hybridized carbons (Fsp3) is 0.156. The fourth-order valence-corrected chi connectivity index (χ4v) is 5.69. The molecule has 0 fully saturated rings. The van der Waals surface area contributed by atoms with Crippen LogP contribution in [0.1, 0.15) is 74.5 Å². The van der Waals surface area contributed by atoms with Gasteiger partial charge in [0.25, 0.3) is 0 Å². The second-order valence-corrected chi connectivity index (χ2v) is 12.8. The third kappa shape index (κ3) is 10.9. The summed E-state index contributed by atoms with van der Waals surface area (Å²) < 4.78 is 31.9. The Kier molecular flexibility index (Phi) is 12.7. The van der Waals surface area contributed by atoms with Crippen molar-refractivity contribution in [3.05, 3.63) is 144 Å². The summed E-state index contributed by atoms with van der Waals surface area (Å²) in [6, 6.07) is 32.3. The number of ether oxygens (including phenoxy) is 6. The molecule has 12 nitrogen and oxygen atoms in total. The first-order chi connectivity index (χ1) is 27.5. The number of hydrogen-bond acceptors (Lipinski definition) is 12. The van der Waals surface area contributed by atoms with Crippen molar-refractivity contribution in [3.8, 4) is 23.0 Å². The standard InChI is InChI=1S/C45H36O12/c1-28(46)54-38-16-10-30(11-17-38)44(50)56-40-20-14-32-24-36(8-6-34(32)26-40)42(48)52-22-4-3-5-23-53-43(49)37-9-7-35-27-41(21-15-33(35)25-37)57-45(51)31-12-18-39(19-13-31)55-29(2)47/h6-21,24-27H,3-5,22-23H2,1-2H3. The smallest absolute Gasteiger partial charge is 0.343 e. The maximum absolute atomic E-state index is 12.7. The van der Waals surface area contributed by atoms with Gasteiger partial charge in [-0.1, -0.05) is 24.3 Å². The van der Waals surface area contributed by atoms with Crippen LogP contribution in [0.5, 0.6) is 23.0 Å². The highest BCUT2D eigenvalue weighted by molar-refractivity contribution is 5.98. The molecule has 0 saturated carbocycles. The van der Waals surface area contributed by atoms with Crippen molar-refractivity contribution in [1.29, 1.82) is 0 Å². The molecule has 6 rings (SSSR count). The van der Waals surface area contributed by atoms with Gasteiger partial charge in [-0.05, 0) is 138 Å². The van der Waals surface area contributed by atoms with Crippen LogP contribution >= 0.6 is 0 Å². The van der Waals surface area contributed by atoms with Gasteiger partial charge in [-0.3, -0.25) is 9.59 Å². The van der Waals surface area contributed by atoms with Gasteiger partial charge in [0.2, 0.25) is 0 Å². The summed E-state index contributed by atoms with van der Waals surface area (Å²) in [7, 11) is 0. The average molecular weight is 769 g/mol. The quantitative estimate of drug-likeness (QED) is 0.0592. The molecule has 288 valence electrons. The van der Waals surface area contributed by atoms with E-state index in [2.05, 4.69) is 0 Å². The maximum atomic E-state index is 12.7. The first-order valence-corrected chi connectivity index (χ1v) is 17.9. The van der Waals surface area contributed by atoms with Crippen LogP contribution in [0.4, 0.5) is 0 Å². The first-order valence-electron chi connectivity index (χ1n) is 17.9. The zero-order chi connectivity index (χ0) is 40.3. The van der Waals surface area contributed by atoms with Crippen LogP contribution in [-0.4, -0.2) is 49.0 Å². The van der Waals surface area contributed by atoms with Gasteiger partial charge >= 0.3 is 35.8 Å². The van der Waals surface area contributed by atoms with Crippen molar-refractivity contribution < 1.29 is 57.2 Å². The minimum Gasteiger partial charge on any atom is -0.462 e. The molecule has 0 N–H and O–H groups in total. The summed E-state index contributed by atoms with van der Waals surface area (Å²) >= 11 is 0. The highest BCUT2D eigenvalue weighted by atomic mass is 16.6. The molecule has 6 aromatic rings. The summed E-state index contributed by atoms with van der Waals surface area (Å²) in [5.74, 6) is -1.70. The van der Waals surface area contributed by atoms with E-state index < -0.39 is 35.8 Å². The lowest BCUT2D eigenvalue weighted by atomic mass is 10.1. The Morgan fingerprint density at radius 2 is 0.684 bits per heavy atom. The molecule has 0 heterocycles. The predicted molar refractivity (Wildman–Crippen MR) is 208 cm³/mol. The molecule has 0 aromatic heterocycles. The monoisotopic (exact) mass is 768 g/mol. The van der Waals surface area contributed by atoms with E-state index in [0.717, 1.165) is 21.5 Å². The van der Waals surface area contributed by atoms with Crippen LogP contribution in [0.2, 0.25) is 0 Å². The largest absolute Gasteiger partial charge is 0.462 e. The molecular formula is C45H36O12. The molecule has 12 heteroatoms. The van der Waals surface area contributed by atoms with E-state index >= 15 is 0 Å². The topological polar surface area (TPSA) is 158 Å². The average Bonchev–Trinajstić information content (AvgIpc) is 3.20. The summed E-state index contributed by atoms with van der Waals surface area (Å²) in [5, 5.41) is 3.04. The van der Waals surface area contributed by atoms with Crippen molar-refractivity contribution >= 4 is 57.4 Å². The Morgan fingerprint density at radius 3 is 1.07 bits per heavy atom. The maximum Gasteiger partial charge on any atom is 0.343 e. The van der Waals surface area contributed by atoms with E-state index in [1.54, 1.807) is 72.8 Å². The van der Waals surface area contributed by atoms with E-state index in [4.69, 9.17) is 28.4 Å². The van der Waals surface area contributed by atoms with Crippen LogP contribution in [-0.2, 0) is 19.1 Å². The molecule has 0 bridgehead atoms. The molecule has 6 aromatic carbocycles. The molecular weight excluding hydrogens is 732 g/mol. The van der Waals surface area contributed by atoms with Gasteiger partial charge < -0.3 is 28.4 Å². The van der Waals surface area contributed by atoms with Crippen LogP contribution in [0.3, 0.4) is 0 Å². The number of benzene rings is 6. The second kappa shape index (κ2) is 18.3. The lowest BCUT2D eigenvalue weighted by Crippen LogP contribution is -2.09. The van der Waals surface area contributed by atoms with Gasteiger partial charge in [-0.2, -0.15) is 0 Å². The molecule has 0 unspecified atom stereocenters. The molecule has 57 heavy (non-hydrogen) atoms. The molecule has 0 atom stereocenters. The van der Waals surface area contributed by atoms with E-state index in [0.29, 0.717) is 53.4 Å². The molecule has 0 saturated heterocycles. The highest BCUT2D eigenvalue weighted by Crippen LogP contribution is 2.26. The van der Waals surface area contributed by atoms with Gasteiger partial charge in [0.05, 0.1) is 35.5 Å². The van der Waals surface area contributed by atoms with E-state index in [1.807, 2.05) is 0 Å². The van der Waals surface area contributed by atoms with Crippen LogP contribution in [0.25, 0.3) is 21.5 Å². The van der Waals surface area contributed by atoms with E-state index in [-0.39, 0.29) is 24.3 Å². The SMILES string of the molecule is CC(=O)Oc1ccc(C(=O)Oc2ccc3cc(C(=O)OCCCCCOC(=O)c4ccc5cc(OC(=O)c6ccc(OC(C)=O)cc6)ccc5c4)ccc3c2)cc1. The molecule has 0 aliphatic rings. The third-order valence-corrected chi connectivity index (χ3v) is 8.47. The number of hydrogen-bond donors (Lipinski definition) is 0. The lowest BCUT2D eigenvalue weighted by molar-refractivity contribution is -0.132. The predicted octanol–water partition coefficient (Wildman–Crippen LogP) is 8.47. The number of unbranched alkanes of at least 4 members (excludes halogenated alkanes) is 2. The van der Waals surface area contributed by atoms with Crippen molar-refractivity contribution in [3.63, 3.8) is 0 Å². The van der Waals surface area contributed by atoms with E-state index in [9.17, 15) is 28.8 Å². The van der Waals surface area contributed by atoms with Crippen LogP contribution in [0, 0.1) is 0 Å². The van der Waals surface area contributed by atoms with Gasteiger partial charge in [0.1, 0.15) is 23.0 Å². The van der Waals surface area contributed by atoms with Gasteiger partial charge in [-0.15, -0.1) is 0 Å². The Hall–Kier alpha value is -7.34. The number of carbonyl (C=O) groups excluding carboxylic acids is 6. The zero-order valence-corrected chi connectivity index (χ0v) is 31.0. The molecule has 0 radical (unpaired) electrons. The van der Waals surface area contributed by atoms with Crippen molar-refractivity contribution in [2.45, 2.75) is 33.1 Å². The summed E-state index contributed by atoms with van der Waals surface area (Å²) in [5.41, 5.74) is 1.34. The first kappa shape index (κ1) is 39.4. The molecule has 0 spiro atoms. The minimum absolute atomic E-state index is 0.200. The number of fused-ring (bicyclic) bond motifs is 2. The van der Waals surface area contributed by atoms with Gasteiger partial charge in [0.15, 0.2) is 0 Å². The van der Waals surface area contributed by atoms with Crippen molar-refractivity contribution in [1.82, 2.24) is 0 Å². The number of rotatable bonds is 14. The van der Waals surface area contributed by atoms with Crippen molar-refractivity contribution in [2.75, 3.05) is 13.2 Å². The summed E-state index contributed by atoms with van der Waals surface area (Å²) in [6.07, 6.45) is 1.84. The minimum atomic E-state index is -0.573. The number of carbonyl (C=O) groups is 6. The number of esters is 6. The van der Waals surface area contributed by atoms with Crippen LogP contribution < -0.4 is 18.9 Å². The normalized spacial score (nSPS) is 10.7. The summed E-state index contributed by atoms with van der Waals surface area (Å²) in [4.78, 5) is 72.8. The molecule has 0 aliphatic heterocycles. The highest BCUT2D eigenvalue weighted by Gasteiger charge is 2.14. The van der Waals surface area contributed by atoms with Crippen molar-refractivity contribution in [2.24, 2.45) is 0 Å². The second-order valence-electron chi connectivity index (χ2n) is 12.8. The molecule has 0 amide bonds. The van der Waals surface area contributed by atoms with Gasteiger partial charge in [0, 0.05) is 13.8 Å².